The molecule has 29 heavy (non-hydrogen) atoms. The number of anilines is 2. The molecular weight excluding hydrogens is 364 g/mol. The van der Waals surface area contributed by atoms with Gasteiger partial charge in [0.1, 0.15) is 5.75 Å². The van der Waals surface area contributed by atoms with E-state index < -0.39 is 0 Å². The summed E-state index contributed by atoms with van der Waals surface area (Å²) in [4.78, 5) is 27.9. The molecule has 1 aliphatic carbocycles. The molecule has 1 heterocycles. The van der Waals surface area contributed by atoms with E-state index in [1.165, 1.54) is 5.56 Å². The molecule has 0 radical (unpaired) electrons. The van der Waals surface area contributed by atoms with Crippen LogP contribution in [-0.4, -0.2) is 25.0 Å². The summed E-state index contributed by atoms with van der Waals surface area (Å²) in [5, 5.41) is 2.99. The first-order chi connectivity index (χ1) is 14.1. The zero-order valence-corrected chi connectivity index (χ0v) is 17.1. The smallest absolute Gasteiger partial charge is 0.230 e. The number of para-hydroxylation sites is 3. The first-order valence-electron chi connectivity index (χ1n) is 10.4. The molecule has 0 aromatic heterocycles. The minimum Gasteiger partial charge on any atom is -0.495 e. The van der Waals surface area contributed by atoms with Gasteiger partial charge in [0.2, 0.25) is 11.8 Å². The maximum atomic E-state index is 13.2. The summed E-state index contributed by atoms with van der Waals surface area (Å²) in [7, 11) is 1.60. The Balaban J connectivity index is 1.37. The van der Waals surface area contributed by atoms with E-state index in [1.807, 2.05) is 47.4 Å². The van der Waals surface area contributed by atoms with Crippen molar-refractivity contribution < 1.29 is 14.3 Å². The SMILES string of the molecule is COc1ccccc1NC(=O)C1CCC(C(=O)N2c3ccccc3CC2C)CC1. The van der Waals surface area contributed by atoms with Gasteiger partial charge in [-0.25, -0.2) is 0 Å². The van der Waals surface area contributed by atoms with Gasteiger partial charge in [0.05, 0.1) is 12.8 Å². The lowest BCUT2D eigenvalue weighted by Gasteiger charge is -2.32. The van der Waals surface area contributed by atoms with Gasteiger partial charge < -0.3 is 15.0 Å². The minimum atomic E-state index is -0.0627. The molecule has 2 aliphatic rings. The molecule has 0 bridgehead atoms. The van der Waals surface area contributed by atoms with E-state index in [2.05, 4.69) is 18.3 Å². The number of hydrogen-bond acceptors (Lipinski definition) is 3. The highest BCUT2D eigenvalue weighted by Gasteiger charge is 2.37. The average molecular weight is 392 g/mol. The Labute approximate surface area is 172 Å². The topological polar surface area (TPSA) is 58.6 Å². The Kier molecular flexibility index (Phi) is 5.56. The predicted molar refractivity (Wildman–Crippen MR) is 114 cm³/mol. The fourth-order valence-electron chi connectivity index (χ4n) is 4.68. The Morgan fingerprint density at radius 1 is 0.966 bits per heavy atom. The van der Waals surface area contributed by atoms with Crippen LogP contribution in [0.5, 0.6) is 5.75 Å². The van der Waals surface area contributed by atoms with E-state index in [4.69, 9.17) is 4.74 Å². The molecule has 1 aliphatic heterocycles. The summed E-state index contributed by atoms with van der Waals surface area (Å²) in [6, 6.07) is 15.8. The predicted octanol–water partition coefficient (Wildman–Crippen LogP) is 4.42. The first kappa shape index (κ1) is 19.5. The molecule has 2 aromatic rings. The van der Waals surface area contributed by atoms with Crippen LogP contribution in [0, 0.1) is 11.8 Å². The van der Waals surface area contributed by atoms with E-state index >= 15 is 0 Å². The third kappa shape index (κ3) is 3.86. The molecule has 5 nitrogen and oxygen atoms in total. The molecule has 0 saturated heterocycles. The van der Waals surface area contributed by atoms with Gasteiger partial charge in [-0.05, 0) is 62.8 Å². The molecule has 1 saturated carbocycles. The summed E-state index contributed by atoms with van der Waals surface area (Å²) in [5.74, 6) is 0.823. The largest absolute Gasteiger partial charge is 0.495 e. The van der Waals surface area contributed by atoms with E-state index in [1.54, 1.807) is 7.11 Å². The molecular formula is C24H28N2O3. The summed E-state index contributed by atoms with van der Waals surface area (Å²) >= 11 is 0. The zero-order valence-electron chi connectivity index (χ0n) is 17.1. The first-order valence-corrected chi connectivity index (χ1v) is 10.4. The fourth-order valence-corrected chi connectivity index (χ4v) is 4.68. The third-order valence-corrected chi connectivity index (χ3v) is 6.26. The second kappa shape index (κ2) is 8.27. The zero-order chi connectivity index (χ0) is 20.4. The maximum absolute atomic E-state index is 13.2. The molecule has 1 N–H and O–H groups in total. The van der Waals surface area contributed by atoms with Crippen molar-refractivity contribution in [1.82, 2.24) is 0 Å². The van der Waals surface area contributed by atoms with Crippen LogP contribution in [0.1, 0.15) is 38.2 Å². The van der Waals surface area contributed by atoms with Gasteiger partial charge in [0, 0.05) is 23.6 Å². The highest BCUT2D eigenvalue weighted by atomic mass is 16.5. The maximum Gasteiger partial charge on any atom is 0.230 e. The summed E-state index contributed by atoms with van der Waals surface area (Å²) in [6.45, 7) is 2.12. The molecule has 152 valence electrons. The molecule has 1 fully saturated rings. The third-order valence-electron chi connectivity index (χ3n) is 6.26. The van der Waals surface area contributed by atoms with Crippen LogP contribution >= 0.6 is 0 Å². The average Bonchev–Trinajstić information content (AvgIpc) is 3.09. The number of carbonyl (C=O) groups is 2. The van der Waals surface area contributed by atoms with Crippen LogP contribution in [0.25, 0.3) is 0 Å². The Hall–Kier alpha value is -2.82. The second-order valence-electron chi connectivity index (χ2n) is 8.13. The normalized spacial score (nSPS) is 23.4. The van der Waals surface area contributed by atoms with Crippen molar-refractivity contribution in [3.8, 4) is 5.75 Å². The lowest BCUT2D eigenvalue weighted by atomic mass is 9.80. The Morgan fingerprint density at radius 3 is 2.38 bits per heavy atom. The highest BCUT2D eigenvalue weighted by Crippen LogP contribution is 2.37. The Bertz CT molecular complexity index is 903. The molecule has 1 atom stereocenters. The van der Waals surface area contributed by atoms with E-state index in [-0.39, 0.29) is 29.7 Å². The molecule has 2 aromatic carbocycles. The molecule has 0 spiro atoms. The quantitative estimate of drug-likeness (QED) is 0.838. The van der Waals surface area contributed by atoms with E-state index in [0.29, 0.717) is 11.4 Å². The minimum absolute atomic E-state index is 0.00100. The highest BCUT2D eigenvalue weighted by molar-refractivity contribution is 5.98. The number of amides is 2. The molecule has 5 heteroatoms. The van der Waals surface area contributed by atoms with Crippen LogP contribution in [0.4, 0.5) is 11.4 Å². The lowest BCUT2D eigenvalue weighted by Crippen LogP contribution is -2.42. The number of methoxy groups -OCH3 is 1. The number of hydrogen-bond donors (Lipinski definition) is 1. The van der Waals surface area contributed by atoms with Crippen molar-refractivity contribution >= 4 is 23.2 Å². The van der Waals surface area contributed by atoms with Crippen molar-refractivity contribution in [2.24, 2.45) is 11.8 Å². The number of carbonyl (C=O) groups excluding carboxylic acids is 2. The summed E-state index contributed by atoms with van der Waals surface area (Å²) < 4.78 is 5.31. The van der Waals surface area contributed by atoms with Gasteiger partial charge in [-0.15, -0.1) is 0 Å². The van der Waals surface area contributed by atoms with Gasteiger partial charge in [-0.2, -0.15) is 0 Å². The van der Waals surface area contributed by atoms with Crippen molar-refractivity contribution in [1.29, 1.82) is 0 Å². The molecule has 4 rings (SSSR count). The van der Waals surface area contributed by atoms with Crippen LogP contribution in [0.15, 0.2) is 48.5 Å². The lowest BCUT2D eigenvalue weighted by molar-refractivity contribution is -0.126. The number of nitrogens with one attached hydrogen (secondary N) is 1. The monoisotopic (exact) mass is 392 g/mol. The molecule has 2 amide bonds. The number of ether oxygens (including phenoxy) is 1. The number of benzene rings is 2. The van der Waals surface area contributed by atoms with Crippen molar-refractivity contribution in [3.05, 3.63) is 54.1 Å². The van der Waals surface area contributed by atoms with E-state index in [0.717, 1.165) is 37.8 Å². The van der Waals surface area contributed by atoms with Gasteiger partial charge in [0.25, 0.3) is 0 Å². The molecule has 1 unspecified atom stereocenters. The van der Waals surface area contributed by atoms with Gasteiger partial charge in [-0.3, -0.25) is 9.59 Å². The van der Waals surface area contributed by atoms with Crippen LogP contribution in [0.3, 0.4) is 0 Å². The Morgan fingerprint density at radius 2 is 1.62 bits per heavy atom. The van der Waals surface area contributed by atoms with Crippen molar-refractivity contribution in [3.63, 3.8) is 0 Å². The summed E-state index contributed by atoms with van der Waals surface area (Å²) in [6.07, 6.45) is 3.91. The number of fused-ring (bicyclic) bond motifs is 1. The van der Waals surface area contributed by atoms with Crippen molar-refractivity contribution in [2.75, 3.05) is 17.3 Å². The van der Waals surface area contributed by atoms with Crippen LogP contribution in [0.2, 0.25) is 0 Å². The van der Waals surface area contributed by atoms with Crippen molar-refractivity contribution in [2.45, 2.75) is 45.1 Å². The van der Waals surface area contributed by atoms with Gasteiger partial charge in [-0.1, -0.05) is 30.3 Å². The van der Waals surface area contributed by atoms with Gasteiger partial charge >= 0.3 is 0 Å². The van der Waals surface area contributed by atoms with Crippen LogP contribution < -0.4 is 15.0 Å². The fraction of sp³-hybridized carbons (Fsp3) is 0.417. The standard InChI is InChI=1S/C24H28N2O3/c1-16-15-19-7-3-5-9-21(19)26(16)24(28)18-13-11-17(12-14-18)23(27)25-20-8-4-6-10-22(20)29-2/h3-10,16-18H,11-15H2,1-2H3,(H,25,27). The van der Waals surface area contributed by atoms with E-state index in [9.17, 15) is 9.59 Å². The second-order valence-corrected chi connectivity index (χ2v) is 8.13. The van der Waals surface area contributed by atoms with Crippen LogP contribution in [-0.2, 0) is 16.0 Å². The van der Waals surface area contributed by atoms with Gasteiger partial charge in [0.15, 0.2) is 0 Å². The number of rotatable bonds is 4. The summed E-state index contributed by atoms with van der Waals surface area (Å²) in [5.41, 5.74) is 3.00. The number of nitrogens with zero attached hydrogens (tertiary/aromatic N) is 1.